The van der Waals surface area contributed by atoms with Crippen molar-refractivity contribution < 1.29 is 19.1 Å². The standard InChI is InChI=1S/C26H22BrClN2O5S/c1-13(2)34-25(33)22-14(3)29-26-30(23(22)16-5-8-19(28)9-6-16)24(32)21(36-26)12-17-11-18(27)7-10-20(17)35-15(4)31/h5-13,23H,1-4H3/b21-12+. The third-order valence-electron chi connectivity index (χ3n) is 5.28. The Labute approximate surface area is 224 Å². The fraction of sp³-hybridized carbons (Fsp3) is 0.231. The number of ether oxygens (including phenoxy) is 2. The Morgan fingerprint density at radius 3 is 2.53 bits per heavy atom. The smallest absolute Gasteiger partial charge is 0.338 e. The molecule has 3 aromatic rings. The highest BCUT2D eigenvalue weighted by atomic mass is 79.9. The highest BCUT2D eigenvalue weighted by molar-refractivity contribution is 9.10. The second-order valence-corrected chi connectivity index (χ2v) is 10.7. The fourth-order valence-electron chi connectivity index (χ4n) is 3.84. The van der Waals surface area contributed by atoms with Gasteiger partial charge in [-0.25, -0.2) is 9.79 Å². The van der Waals surface area contributed by atoms with Gasteiger partial charge in [-0.05, 0) is 62.7 Å². The van der Waals surface area contributed by atoms with Crippen molar-refractivity contribution in [3.05, 3.63) is 94.0 Å². The van der Waals surface area contributed by atoms with Crippen molar-refractivity contribution in [3.8, 4) is 5.75 Å². The lowest BCUT2D eigenvalue weighted by molar-refractivity contribution is -0.143. The highest BCUT2D eigenvalue weighted by Crippen LogP contribution is 2.31. The van der Waals surface area contributed by atoms with E-state index in [1.165, 1.54) is 22.8 Å². The molecular weight excluding hydrogens is 568 g/mol. The van der Waals surface area contributed by atoms with Crippen LogP contribution in [0.3, 0.4) is 0 Å². The summed E-state index contributed by atoms with van der Waals surface area (Å²) in [4.78, 5) is 43.5. The Balaban J connectivity index is 1.95. The number of rotatable bonds is 5. The minimum atomic E-state index is -0.748. The monoisotopic (exact) mass is 588 g/mol. The van der Waals surface area contributed by atoms with Crippen molar-refractivity contribution in [2.45, 2.75) is 39.8 Å². The maximum absolute atomic E-state index is 13.7. The van der Waals surface area contributed by atoms with Crippen LogP contribution in [0.1, 0.15) is 44.9 Å². The van der Waals surface area contributed by atoms with Gasteiger partial charge in [0, 0.05) is 22.0 Å². The lowest BCUT2D eigenvalue weighted by Crippen LogP contribution is -2.40. The molecule has 10 heteroatoms. The first-order valence-electron chi connectivity index (χ1n) is 11.0. The van der Waals surface area contributed by atoms with E-state index in [0.29, 0.717) is 36.9 Å². The van der Waals surface area contributed by atoms with Gasteiger partial charge in [-0.2, -0.15) is 0 Å². The van der Waals surface area contributed by atoms with E-state index in [-0.39, 0.29) is 17.2 Å². The minimum Gasteiger partial charge on any atom is -0.459 e. The highest BCUT2D eigenvalue weighted by Gasteiger charge is 2.33. The fourth-order valence-corrected chi connectivity index (χ4v) is 5.38. The molecule has 4 rings (SSSR count). The van der Waals surface area contributed by atoms with E-state index in [0.717, 1.165) is 4.47 Å². The van der Waals surface area contributed by atoms with Gasteiger partial charge in [0.25, 0.3) is 5.56 Å². The Morgan fingerprint density at radius 2 is 1.89 bits per heavy atom. The molecular formula is C26H22BrClN2O5S. The second kappa shape index (κ2) is 10.5. The molecule has 1 aromatic heterocycles. The van der Waals surface area contributed by atoms with E-state index in [1.54, 1.807) is 69.3 Å². The number of halogens is 2. The van der Waals surface area contributed by atoms with Crippen LogP contribution in [-0.4, -0.2) is 22.6 Å². The Bertz CT molecular complexity index is 1570. The van der Waals surface area contributed by atoms with Crippen LogP contribution in [0.15, 0.2) is 68.0 Å². The van der Waals surface area contributed by atoms with Crippen LogP contribution in [0.25, 0.3) is 6.08 Å². The molecule has 1 unspecified atom stereocenters. The zero-order chi connectivity index (χ0) is 26.1. The van der Waals surface area contributed by atoms with Gasteiger partial charge in [-0.3, -0.25) is 14.2 Å². The maximum atomic E-state index is 13.7. The minimum absolute atomic E-state index is 0.285. The summed E-state index contributed by atoms with van der Waals surface area (Å²) in [5.41, 5.74) is 1.66. The van der Waals surface area contributed by atoms with Crippen LogP contribution < -0.4 is 19.6 Å². The summed E-state index contributed by atoms with van der Waals surface area (Å²) in [7, 11) is 0. The summed E-state index contributed by atoms with van der Waals surface area (Å²) < 4.78 is 13.4. The molecule has 0 aliphatic carbocycles. The predicted molar refractivity (Wildman–Crippen MR) is 142 cm³/mol. The SMILES string of the molecule is CC(=O)Oc1ccc(Br)cc1/C=c1/sc2n(c1=O)C(c1ccc(Cl)cc1)C(C(=O)OC(C)C)=C(C)N=2. The van der Waals surface area contributed by atoms with Crippen molar-refractivity contribution in [2.24, 2.45) is 4.99 Å². The molecule has 0 bridgehead atoms. The molecule has 36 heavy (non-hydrogen) atoms. The number of allylic oxidation sites excluding steroid dienone is 1. The zero-order valence-corrected chi connectivity index (χ0v) is 23.0. The third kappa shape index (κ3) is 5.38. The summed E-state index contributed by atoms with van der Waals surface area (Å²) in [6.45, 7) is 6.56. The zero-order valence-electron chi connectivity index (χ0n) is 19.9. The first-order valence-corrected chi connectivity index (χ1v) is 13.0. The quantitative estimate of drug-likeness (QED) is 0.323. The van der Waals surface area contributed by atoms with Crippen LogP contribution >= 0.6 is 38.9 Å². The van der Waals surface area contributed by atoms with E-state index in [1.807, 2.05) is 0 Å². The molecule has 1 aliphatic rings. The number of hydrogen-bond acceptors (Lipinski definition) is 7. The van der Waals surface area contributed by atoms with Gasteiger partial charge in [-0.15, -0.1) is 0 Å². The van der Waals surface area contributed by atoms with Crippen LogP contribution in [0.2, 0.25) is 5.02 Å². The molecule has 0 spiro atoms. The van der Waals surface area contributed by atoms with Crippen molar-refractivity contribution >= 4 is 56.9 Å². The van der Waals surface area contributed by atoms with Crippen molar-refractivity contribution in [3.63, 3.8) is 0 Å². The van der Waals surface area contributed by atoms with Crippen molar-refractivity contribution in [1.29, 1.82) is 0 Å². The van der Waals surface area contributed by atoms with E-state index in [9.17, 15) is 14.4 Å². The topological polar surface area (TPSA) is 87.0 Å². The van der Waals surface area contributed by atoms with Crippen molar-refractivity contribution in [1.82, 2.24) is 4.57 Å². The van der Waals surface area contributed by atoms with E-state index >= 15 is 0 Å². The number of hydrogen-bond donors (Lipinski definition) is 0. The maximum Gasteiger partial charge on any atom is 0.338 e. The molecule has 186 valence electrons. The molecule has 2 aromatic carbocycles. The lowest BCUT2D eigenvalue weighted by atomic mass is 9.96. The van der Waals surface area contributed by atoms with Gasteiger partial charge in [0.05, 0.1) is 27.9 Å². The number of esters is 2. The van der Waals surface area contributed by atoms with Gasteiger partial charge in [-0.1, -0.05) is 51.0 Å². The van der Waals surface area contributed by atoms with Gasteiger partial charge in [0.15, 0.2) is 4.80 Å². The number of fused-ring (bicyclic) bond motifs is 1. The Hall–Kier alpha value is -3.01. The molecule has 0 saturated carbocycles. The number of aromatic nitrogens is 1. The Kier molecular flexibility index (Phi) is 7.63. The molecule has 1 atom stereocenters. The number of benzene rings is 2. The molecule has 2 heterocycles. The predicted octanol–water partition coefficient (Wildman–Crippen LogP) is 4.53. The van der Waals surface area contributed by atoms with E-state index < -0.39 is 18.0 Å². The summed E-state index contributed by atoms with van der Waals surface area (Å²) in [6, 6.07) is 11.4. The molecule has 7 nitrogen and oxygen atoms in total. The summed E-state index contributed by atoms with van der Waals surface area (Å²) in [5, 5.41) is 0.533. The first-order chi connectivity index (χ1) is 17.0. The van der Waals surface area contributed by atoms with E-state index in [2.05, 4.69) is 20.9 Å². The number of nitrogens with zero attached hydrogens (tertiary/aromatic N) is 2. The molecule has 0 fully saturated rings. The second-order valence-electron chi connectivity index (χ2n) is 8.36. The van der Waals surface area contributed by atoms with Gasteiger partial charge >= 0.3 is 11.9 Å². The van der Waals surface area contributed by atoms with E-state index in [4.69, 9.17) is 21.1 Å². The van der Waals surface area contributed by atoms with Gasteiger partial charge < -0.3 is 9.47 Å². The average molecular weight is 590 g/mol. The average Bonchev–Trinajstić information content (AvgIpc) is 3.09. The molecule has 0 saturated heterocycles. The van der Waals surface area contributed by atoms with Crippen LogP contribution in [-0.2, 0) is 14.3 Å². The third-order valence-corrected chi connectivity index (χ3v) is 7.01. The Morgan fingerprint density at radius 1 is 1.19 bits per heavy atom. The molecule has 0 radical (unpaired) electrons. The van der Waals surface area contributed by atoms with Crippen molar-refractivity contribution in [2.75, 3.05) is 0 Å². The molecule has 0 amide bonds. The normalized spacial score (nSPS) is 15.5. The summed E-state index contributed by atoms with van der Waals surface area (Å²) in [6.07, 6.45) is 1.31. The van der Waals surface area contributed by atoms with Crippen LogP contribution in [0, 0.1) is 0 Å². The number of carbonyl (C=O) groups excluding carboxylic acids is 2. The first kappa shape index (κ1) is 26.1. The number of carbonyl (C=O) groups is 2. The number of thiazole rings is 1. The molecule has 0 N–H and O–H groups in total. The van der Waals surface area contributed by atoms with Gasteiger partial charge in [0.1, 0.15) is 5.75 Å². The van der Waals surface area contributed by atoms with Crippen LogP contribution in [0.5, 0.6) is 5.75 Å². The largest absolute Gasteiger partial charge is 0.459 e. The summed E-state index contributed by atoms with van der Waals surface area (Å²) >= 11 is 10.7. The summed E-state index contributed by atoms with van der Waals surface area (Å²) in [5.74, 6) is -0.687. The van der Waals surface area contributed by atoms with Crippen LogP contribution in [0.4, 0.5) is 0 Å². The lowest BCUT2D eigenvalue weighted by Gasteiger charge is -2.25. The molecule has 1 aliphatic heterocycles. The van der Waals surface area contributed by atoms with Gasteiger partial charge in [0.2, 0.25) is 0 Å².